The second kappa shape index (κ2) is 5.67. The molecule has 3 rings (SSSR count). The summed E-state index contributed by atoms with van der Waals surface area (Å²) in [7, 11) is 2.13. The van der Waals surface area contributed by atoms with Gasteiger partial charge in [0.05, 0.1) is 5.56 Å². The Balaban J connectivity index is 1.69. The highest BCUT2D eigenvalue weighted by Gasteiger charge is 2.36. The molecule has 1 aromatic rings. The minimum absolute atomic E-state index is 0.0274. The molecule has 0 spiro atoms. The fraction of sp³-hybridized carbons (Fsp3) is 0.600. The number of piperidine rings is 2. The molecule has 0 saturated carbocycles. The molecule has 21 heavy (non-hydrogen) atoms. The predicted octanol–water partition coefficient (Wildman–Crippen LogP) is 2.10. The molecule has 2 saturated heterocycles. The van der Waals surface area contributed by atoms with Gasteiger partial charge < -0.3 is 10.2 Å². The van der Waals surface area contributed by atoms with E-state index >= 15 is 0 Å². The molecule has 1 N–H and O–H groups in total. The first-order valence-electron chi connectivity index (χ1n) is 7.39. The molecule has 2 aliphatic rings. The van der Waals surface area contributed by atoms with Crippen molar-refractivity contribution in [2.45, 2.75) is 50.2 Å². The largest absolute Gasteiger partial charge is 0.349 e. The summed E-state index contributed by atoms with van der Waals surface area (Å²) in [5, 5.41) is 2.85. The summed E-state index contributed by atoms with van der Waals surface area (Å²) >= 11 is 0. The van der Waals surface area contributed by atoms with Gasteiger partial charge >= 0.3 is 0 Å². The zero-order valence-corrected chi connectivity index (χ0v) is 12.0. The number of carbonyl (C=O) groups excluding carboxylic acids is 1. The molecule has 1 amide bonds. The summed E-state index contributed by atoms with van der Waals surface area (Å²) in [6.45, 7) is 0. The van der Waals surface area contributed by atoms with Crippen molar-refractivity contribution in [2.24, 2.45) is 0 Å². The fourth-order valence-corrected chi connectivity index (χ4v) is 3.59. The monoisotopic (exact) mass is 295 g/mol. The van der Waals surface area contributed by atoms with Crippen molar-refractivity contribution in [1.82, 2.24) is 15.2 Å². The van der Waals surface area contributed by atoms with Crippen LogP contribution in [0.5, 0.6) is 0 Å². The Morgan fingerprint density at radius 1 is 1.33 bits per heavy atom. The molecule has 2 fully saturated rings. The molecular formula is C15H19F2N3O. The highest BCUT2D eigenvalue weighted by molar-refractivity contribution is 5.94. The van der Waals surface area contributed by atoms with Gasteiger partial charge in [0, 0.05) is 24.3 Å². The summed E-state index contributed by atoms with van der Waals surface area (Å²) in [5.41, 5.74) is -0.272. The second-order valence-electron chi connectivity index (χ2n) is 6.01. The molecule has 3 heterocycles. The number of amides is 1. The van der Waals surface area contributed by atoms with Crippen LogP contribution >= 0.6 is 0 Å². The van der Waals surface area contributed by atoms with E-state index in [4.69, 9.17) is 0 Å². The summed E-state index contributed by atoms with van der Waals surface area (Å²) in [5.74, 6) is -2.97. The van der Waals surface area contributed by atoms with Gasteiger partial charge in [0.15, 0.2) is 5.82 Å². The average molecular weight is 295 g/mol. The Morgan fingerprint density at radius 2 is 2.00 bits per heavy atom. The number of halogens is 2. The lowest BCUT2D eigenvalue weighted by atomic mass is 9.82. The molecule has 2 atom stereocenters. The minimum atomic E-state index is -1.23. The lowest BCUT2D eigenvalue weighted by Gasteiger charge is -2.47. The van der Waals surface area contributed by atoms with Gasteiger partial charge in [-0.3, -0.25) is 4.79 Å². The fourth-order valence-electron chi connectivity index (χ4n) is 3.59. The van der Waals surface area contributed by atoms with Crippen LogP contribution in [0.25, 0.3) is 0 Å². The van der Waals surface area contributed by atoms with Gasteiger partial charge in [-0.2, -0.15) is 4.39 Å². The summed E-state index contributed by atoms with van der Waals surface area (Å²) in [6.07, 6.45) is 6.35. The third kappa shape index (κ3) is 2.77. The predicted molar refractivity (Wildman–Crippen MR) is 73.8 cm³/mol. The number of hydrogen-bond acceptors (Lipinski definition) is 3. The van der Waals surface area contributed by atoms with Crippen LogP contribution in [-0.2, 0) is 0 Å². The topological polar surface area (TPSA) is 45.2 Å². The standard InChI is InChI=1S/C15H19F2N3O/c1-20-10-3-2-4-11(20)8-9(7-10)19-15(21)12-5-6-18-14(17)13(12)16/h5-6,9-11H,2-4,7-8H2,1H3,(H,19,21). The van der Waals surface area contributed by atoms with E-state index < -0.39 is 17.7 Å². The highest BCUT2D eigenvalue weighted by atomic mass is 19.2. The van der Waals surface area contributed by atoms with Crippen molar-refractivity contribution >= 4 is 5.91 Å². The first kappa shape index (κ1) is 14.4. The summed E-state index contributed by atoms with van der Waals surface area (Å²) < 4.78 is 26.7. The van der Waals surface area contributed by atoms with E-state index in [1.165, 1.54) is 12.5 Å². The van der Waals surface area contributed by atoms with Gasteiger partial charge in [0.1, 0.15) is 0 Å². The molecule has 0 radical (unpaired) electrons. The van der Waals surface area contributed by atoms with Crippen LogP contribution in [0.2, 0.25) is 0 Å². The SMILES string of the molecule is CN1C2CCCC1CC(NC(=O)c1ccnc(F)c1F)C2. The number of pyridine rings is 1. The molecule has 2 aliphatic heterocycles. The van der Waals surface area contributed by atoms with Crippen LogP contribution in [0.4, 0.5) is 8.78 Å². The maximum Gasteiger partial charge on any atom is 0.254 e. The van der Waals surface area contributed by atoms with Crippen molar-refractivity contribution in [2.75, 3.05) is 7.05 Å². The molecule has 1 aromatic heterocycles. The number of rotatable bonds is 2. The summed E-state index contributed by atoms with van der Waals surface area (Å²) in [4.78, 5) is 17.7. The molecule has 2 bridgehead atoms. The Labute approximate surface area is 122 Å². The van der Waals surface area contributed by atoms with Crippen molar-refractivity contribution < 1.29 is 13.6 Å². The van der Waals surface area contributed by atoms with E-state index in [2.05, 4.69) is 22.2 Å². The van der Waals surface area contributed by atoms with Crippen LogP contribution in [-0.4, -0.2) is 41.0 Å². The number of carbonyl (C=O) groups is 1. The molecule has 4 nitrogen and oxygen atoms in total. The second-order valence-corrected chi connectivity index (χ2v) is 6.01. The van der Waals surface area contributed by atoms with E-state index in [-0.39, 0.29) is 11.6 Å². The number of nitrogens with one attached hydrogen (secondary N) is 1. The van der Waals surface area contributed by atoms with Crippen LogP contribution in [0.15, 0.2) is 12.3 Å². The molecule has 2 unspecified atom stereocenters. The Morgan fingerprint density at radius 3 is 2.67 bits per heavy atom. The lowest BCUT2D eigenvalue weighted by Crippen LogP contribution is -2.55. The molecule has 0 aromatic carbocycles. The molecule has 114 valence electrons. The van der Waals surface area contributed by atoms with E-state index in [0.29, 0.717) is 12.1 Å². The molecule has 0 aliphatic carbocycles. The van der Waals surface area contributed by atoms with E-state index in [9.17, 15) is 13.6 Å². The summed E-state index contributed by atoms with van der Waals surface area (Å²) in [6, 6.07) is 2.19. The molecular weight excluding hydrogens is 276 g/mol. The average Bonchev–Trinajstić information content (AvgIpc) is 2.43. The lowest BCUT2D eigenvalue weighted by molar-refractivity contribution is 0.0462. The number of hydrogen-bond donors (Lipinski definition) is 1. The van der Waals surface area contributed by atoms with Crippen LogP contribution in [0.1, 0.15) is 42.5 Å². The number of nitrogens with zero attached hydrogens (tertiary/aromatic N) is 2. The van der Waals surface area contributed by atoms with Gasteiger partial charge in [-0.15, -0.1) is 0 Å². The van der Waals surface area contributed by atoms with Gasteiger partial charge in [-0.25, -0.2) is 9.37 Å². The van der Waals surface area contributed by atoms with Crippen LogP contribution in [0.3, 0.4) is 0 Å². The normalized spacial score (nSPS) is 29.2. The number of fused-ring (bicyclic) bond motifs is 2. The number of aromatic nitrogens is 1. The van der Waals surface area contributed by atoms with Crippen molar-refractivity contribution in [1.29, 1.82) is 0 Å². The smallest absolute Gasteiger partial charge is 0.254 e. The van der Waals surface area contributed by atoms with Crippen LogP contribution in [0, 0.1) is 11.8 Å². The molecule has 6 heteroatoms. The maximum atomic E-state index is 13.6. The van der Waals surface area contributed by atoms with Crippen LogP contribution < -0.4 is 5.32 Å². The third-order valence-electron chi connectivity index (χ3n) is 4.77. The first-order chi connectivity index (χ1) is 10.1. The van der Waals surface area contributed by atoms with E-state index in [1.54, 1.807) is 0 Å². The van der Waals surface area contributed by atoms with Gasteiger partial charge in [0.2, 0.25) is 5.95 Å². The van der Waals surface area contributed by atoms with E-state index in [0.717, 1.165) is 31.9 Å². The third-order valence-corrected chi connectivity index (χ3v) is 4.77. The maximum absolute atomic E-state index is 13.6. The zero-order valence-electron chi connectivity index (χ0n) is 12.0. The highest BCUT2D eigenvalue weighted by Crippen LogP contribution is 2.32. The first-order valence-corrected chi connectivity index (χ1v) is 7.39. The van der Waals surface area contributed by atoms with Crippen molar-refractivity contribution in [3.63, 3.8) is 0 Å². The quantitative estimate of drug-likeness (QED) is 0.850. The Kier molecular flexibility index (Phi) is 3.89. The van der Waals surface area contributed by atoms with Crippen molar-refractivity contribution in [3.05, 3.63) is 29.6 Å². The Hall–Kier alpha value is -1.56. The zero-order chi connectivity index (χ0) is 15.0. The minimum Gasteiger partial charge on any atom is -0.349 e. The van der Waals surface area contributed by atoms with Gasteiger partial charge in [0.25, 0.3) is 5.91 Å². The van der Waals surface area contributed by atoms with Gasteiger partial charge in [-0.05, 0) is 38.8 Å². The van der Waals surface area contributed by atoms with Crippen molar-refractivity contribution in [3.8, 4) is 0 Å². The Bertz CT molecular complexity index is 538. The van der Waals surface area contributed by atoms with E-state index in [1.807, 2.05) is 0 Å². The van der Waals surface area contributed by atoms with Gasteiger partial charge in [-0.1, -0.05) is 6.42 Å².